The Balaban J connectivity index is 2.05. The van der Waals surface area contributed by atoms with Crippen LogP contribution in [-0.4, -0.2) is 22.2 Å². The second-order valence-corrected chi connectivity index (χ2v) is 5.06. The Morgan fingerprint density at radius 2 is 1.71 bits per heavy atom. The van der Waals surface area contributed by atoms with E-state index < -0.39 is 12.0 Å². The van der Waals surface area contributed by atoms with E-state index in [9.17, 15) is 15.0 Å². The maximum atomic E-state index is 11.4. The number of aliphatic carboxylic acids is 1. The minimum Gasteiger partial charge on any atom is -0.508 e. The molecule has 2 aromatic carbocycles. The van der Waals surface area contributed by atoms with Crippen LogP contribution < -0.4 is 5.32 Å². The summed E-state index contributed by atoms with van der Waals surface area (Å²) in [6.45, 7) is 1.95. The second-order valence-electron chi connectivity index (χ2n) is 5.06. The monoisotopic (exact) mass is 285 g/mol. The third-order valence-corrected chi connectivity index (χ3v) is 3.43. The lowest BCUT2D eigenvalue weighted by atomic mass is 10.0. The van der Waals surface area contributed by atoms with Gasteiger partial charge in [0, 0.05) is 6.04 Å². The van der Waals surface area contributed by atoms with E-state index >= 15 is 0 Å². The van der Waals surface area contributed by atoms with Gasteiger partial charge in [-0.05, 0) is 36.6 Å². The van der Waals surface area contributed by atoms with Crippen molar-refractivity contribution in [2.24, 2.45) is 0 Å². The number of benzene rings is 2. The van der Waals surface area contributed by atoms with Gasteiger partial charge in [-0.15, -0.1) is 0 Å². The smallest absolute Gasteiger partial charge is 0.321 e. The van der Waals surface area contributed by atoms with E-state index in [1.807, 2.05) is 37.3 Å². The molecule has 3 N–H and O–H groups in total. The Bertz CT molecular complexity index is 581. The molecule has 0 saturated carbocycles. The van der Waals surface area contributed by atoms with Crippen LogP contribution in [0.4, 0.5) is 0 Å². The number of carboxylic acid groups (broad SMARTS) is 1. The number of hydrogen-bond donors (Lipinski definition) is 3. The molecule has 0 bridgehead atoms. The minimum atomic E-state index is -0.883. The fourth-order valence-electron chi connectivity index (χ4n) is 2.22. The van der Waals surface area contributed by atoms with Gasteiger partial charge in [-0.1, -0.05) is 42.5 Å². The summed E-state index contributed by atoms with van der Waals surface area (Å²) in [5.41, 5.74) is 1.92. The Kier molecular flexibility index (Phi) is 4.95. The molecular weight excluding hydrogens is 266 g/mol. The quantitative estimate of drug-likeness (QED) is 0.763. The van der Waals surface area contributed by atoms with E-state index in [-0.39, 0.29) is 11.8 Å². The van der Waals surface area contributed by atoms with Gasteiger partial charge in [0.1, 0.15) is 11.8 Å². The predicted molar refractivity (Wildman–Crippen MR) is 81.2 cm³/mol. The van der Waals surface area contributed by atoms with Crippen LogP contribution in [-0.2, 0) is 11.2 Å². The van der Waals surface area contributed by atoms with Crippen LogP contribution in [0.25, 0.3) is 0 Å². The fourth-order valence-corrected chi connectivity index (χ4v) is 2.22. The first-order valence-corrected chi connectivity index (χ1v) is 6.88. The molecular formula is C17H19NO3. The normalized spacial score (nSPS) is 13.6. The first-order valence-electron chi connectivity index (χ1n) is 6.88. The molecule has 0 aliphatic carbocycles. The van der Waals surface area contributed by atoms with Gasteiger partial charge >= 0.3 is 5.97 Å². The third kappa shape index (κ3) is 4.33. The Labute approximate surface area is 124 Å². The molecule has 0 saturated heterocycles. The average molecular weight is 285 g/mol. The van der Waals surface area contributed by atoms with Crippen molar-refractivity contribution in [3.05, 3.63) is 65.7 Å². The number of phenols is 1. The van der Waals surface area contributed by atoms with Gasteiger partial charge in [0.05, 0.1) is 0 Å². The van der Waals surface area contributed by atoms with Gasteiger partial charge < -0.3 is 10.2 Å². The van der Waals surface area contributed by atoms with E-state index in [2.05, 4.69) is 5.32 Å². The number of carboxylic acids is 1. The van der Waals surface area contributed by atoms with Gasteiger partial charge in [0.2, 0.25) is 0 Å². The molecule has 0 heterocycles. The van der Waals surface area contributed by atoms with Gasteiger partial charge in [0.25, 0.3) is 0 Å². The van der Waals surface area contributed by atoms with Crippen LogP contribution >= 0.6 is 0 Å². The lowest BCUT2D eigenvalue weighted by Crippen LogP contribution is -2.40. The number of aromatic hydroxyl groups is 1. The van der Waals surface area contributed by atoms with Crippen LogP contribution in [0.1, 0.15) is 24.1 Å². The highest BCUT2D eigenvalue weighted by Crippen LogP contribution is 2.15. The molecule has 0 aliphatic rings. The molecule has 4 nitrogen and oxygen atoms in total. The Morgan fingerprint density at radius 3 is 2.29 bits per heavy atom. The maximum Gasteiger partial charge on any atom is 0.321 e. The summed E-state index contributed by atoms with van der Waals surface area (Å²) in [6, 6.07) is 15.6. The molecule has 0 spiro atoms. The summed E-state index contributed by atoms with van der Waals surface area (Å²) < 4.78 is 0. The maximum absolute atomic E-state index is 11.4. The van der Waals surface area contributed by atoms with Crippen LogP contribution in [0.2, 0.25) is 0 Å². The lowest BCUT2D eigenvalue weighted by Gasteiger charge is -2.20. The van der Waals surface area contributed by atoms with E-state index in [0.29, 0.717) is 6.42 Å². The average Bonchev–Trinajstić information content (AvgIpc) is 2.49. The van der Waals surface area contributed by atoms with E-state index in [1.54, 1.807) is 24.3 Å². The molecule has 0 aromatic heterocycles. The highest BCUT2D eigenvalue weighted by atomic mass is 16.4. The van der Waals surface area contributed by atoms with Gasteiger partial charge in [-0.3, -0.25) is 10.1 Å². The molecule has 4 heteroatoms. The molecule has 21 heavy (non-hydrogen) atoms. The van der Waals surface area contributed by atoms with Crippen LogP contribution in [0.15, 0.2) is 54.6 Å². The van der Waals surface area contributed by atoms with Crippen molar-refractivity contribution in [1.29, 1.82) is 0 Å². The first-order chi connectivity index (χ1) is 10.1. The zero-order valence-corrected chi connectivity index (χ0v) is 11.9. The highest BCUT2D eigenvalue weighted by Gasteiger charge is 2.20. The number of rotatable bonds is 6. The predicted octanol–water partition coefficient (Wildman–Crippen LogP) is 2.74. The molecule has 0 aliphatic heterocycles. The topological polar surface area (TPSA) is 69.6 Å². The van der Waals surface area contributed by atoms with Crippen LogP contribution in [0, 0.1) is 0 Å². The first kappa shape index (κ1) is 15.1. The molecule has 2 atom stereocenters. The number of nitrogens with one attached hydrogen (secondary N) is 1. The van der Waals surface area contributed by atoms with Crippen molar-refractivity contribution in [3.8, 4) is 5.75 Å². The van der Waals surface area contributed by atoms with Crippen molar-refractivity contribution in [1.82, 2.24) is 5.32 Å². The summed E-state index contributed by atoms with van der Waals surface area (Å²) in [6.07, 6.45) is 0.368. The summed E-state index contributed by atoms with van der Waals surface area (Å²) in [5.74, 6) is -0.706. The summed E-state index contributed by atoms with van der Waals surface area (Å²) in [5, 5.41) is 21.8. The summed E-state index contributed by atoms with van der Waals surface area (Å²) >= 11 is 0. The molecule has 0 fully saturated rings. The lowest BCUT2D eigenvalue weighted by molar-refractivity contribution is -0.139. The zero-order valence-electron chi connectivity index (χ0n) is 11.9. The SMILES string of the molecule is C[C@@H](N[C@@H](Cc1ccc(O)cc1)C(=O)O)c1ccccc1. The zero-order chi connectivity index (χ0) is 15.2. The van der Waals surface area contributed by atoms with Crippen molar-refractivity contribution < 1.29 is 15.0 Å². The molecule has 0 amide bonds. The van der Waals surface area contributed by atoms with E-state index in [1.165, 1.54) is 0 Å². The van der Waals surface area contributed by atoms with E-state index in [0.717, 1.165) is 11.1 Å². The van der Waals surface area contributed by atoms with Gasteiger partial charge in [-0.2, -0.15) is 0 Å². The fraction of sp³-hybridized carbons (Fsp3) is 0.235. The minimum absolute atomic E-state index is 0.0515. The molecule has 110 valence electrons. The molecule has 0 radical (unpaired) electrons. The summed E-state index contributed by atoms with van der Waals surface area (Å²) in [7, 11) is 0. The number of phenolic OH excluding ortho intramolecular Hbond substituents is 1. The number of carbonyl (C=O) groups is 1. The Hall–Kier alpha value is -2.33. The number of hydrogen-bond acceptors (Lipinski definition) is 3. The second kappa shape index (κ2) is 6.90. The third-order valence-electron chi connectivity index (χ3n) is 3.43. The largest absolute Gasteiger partial charge is 0.508 e. The van der Waals surface area contributed by atoms with Gasteiger partial charge in [-0.25, -0.2) is 0 Å². The molecule has 2 aromatic rings. The summed E-state index contributed by atoms with van der Waals surface area (Å²) in [4.78, 5) is 11.4. The molecule has 2 rings (SSSR count). The van der Waals surface area contributed by atoms with Gasteiger partial charge in [0.15, 0.2) is 0 Å². The Morgan fingerprint density at radius 1 is 1.10 bits per heavy atom. The van der Waals surface area contributed by atoms with Crippen molar-refractivity contribution in [3.63, 3.8) is 0 Å². The van der Waals surface area contributed by atoms with Crippen molar-refractivity contribution >= 4 is 5.97 Å². The van der Waals surface area contributed by atoms with Crippen LogP contribution in [0.3, 0.4) is 0 Å². The van der Waals surface area contributed by atoms with Crippen molar-refractivity contribution in [2.75, 3.05) is 0 Å². The standard InChI is InChI=1S/C17H19NO3/c1-12(14-5-3-2-4-6-14)18-16(17(20)21)11-13-7-9-15(19)10-8-13/h2-10,12,16,18-19H,11H2,1H3,(H,20,21)/t12-,16+/m1/s1. The van der Waals surface area contributed by atoms with E-state index in [4.69, 9.17) is 0 Å². The van der Waals surface area contributed by atoms with Crippen molar-refractivity contribution in [2.45, 2.75) is 25.4 Å². The highest BCUT2D eigenvalue weighted by molar-refractivity contribution is 5.74. The molecule has 0 unspecified atom stereocenters. The van der Waals surface area contributed by atoms with Crippen LogP contribution in [0.5, 0.6) is 5.75 Å².